The van der Waals surface area contributed by atoms with E-state index in [4.69, 9.17) is 5.11 Å². The van der Waals surface area contributed by atoms with Gasteiger partial charge in [-0.1, -0.05) is 25.0 Å². The molecule has 1 unspecified atom stereocenters. The molecule has 72 valence electrons. The van der Waals surface area contributed by atoms with Crippen molar-refractivity contribution in [3.8, 4) is 11.8 Å². The second-order valence-corrected chi connectivity index (χ2v) is 3.06. The van der Waals surface area contributed by atoms with E-state index in [1.54, 1.807) is 0 Å². The fraction of sp³-hybridized carbons (Fsp3) is 0.545. The molecule has 0 bridgehead atoms. The number of carboxylic acids is 1. The molecular formula is C11H16O2. The van der Waals surface area contributed by atoms with E-state index >= 15 is 0 Å². The fourth-order valence-electron chi connectivity index (χ4n) is 0.950. The molecule has 0 aliphatic rings. The molecule has 1 N–H and O–H groups in total. The molecule has 0 fully saturated rings. The molecule has 13 heavy (non-hydrogen) atoms. The van der Waals surface area contributed by atoms with Crippen LogP contribution in [0.3, 0.4) is 0 Å². The maximum Gasteiger partial charge on any atom is 0.381 e. The topological polar surface area (TPSA) is 37.3 Å². The van der Waals surface area contributed by atoms with Gasteiger partial charge in [-0.25, -0.2) is 4.79 Å². The van der Waals surface area contributed by atoms with E-state index in [9.17, 15) is 4.79 Å². The molecule has 0 aliphatic heterocycles. The van der Waals surface area contributed by atoms with Crippen LogP contribution in [-0.4, -0.2) is 11.1 Å². The standard InChI is InChI=1S/C11H16O2/c1-3-4-5-7-10(2)8-6-9-11(12)13/h3-4,10H,5,7-8H2,1-2H3,(H,12,13)/b4-3+. The van der Waals surface area contributed by atoms with Crippen LogP contribution in [0.25, 0.3) is 0 Å². The lowest BCUT2D eigenvalue weighted by Gasteiger charge is -2.03. The van der Waals surface area contributed by atoms with Crippen molar-refractivity contribution < 1.29 is 9.90 Å². The Morgan fingerprint density at radius 3 is 2.85 bits per heavy atom. The third kappa shape index (κ3) is 8.68. The molecule has 0 rings (SSSR count). The summed E-state index contributed by atoms with van der Waals surface area (Å²) in [4.78, 5) is 10.1. The number of carbonyl (C=O) groups is 1. The first-order chi connectivity index (χ1) is 6.16. The second kappa shape index (κ2) is 7.42. The summed E-state index contributed by atoms with van der Waals surface area (Å²) in [5.74, 6) is 4.19. The molecular weight excluding hydrogens is 164 g/mol. The van der Waals surface area contributed by atoms with Gasteiger partial charge in [0.15, 0.2) is 0 Å². The minimum Gasteiger partial charge on any atom is -0.472 e. The lowest BCUT2D eigenvalue weighted by molar-refractivity contribution is -0.130. The Hall–Kier alpha value is -1.23. The van der Waals surface area contributed by atoms with E-state index in [1.807, 2.05) is 13.0 Å². The van der Waals surface area contributed by atoms with Gasteiger partial charge in [-0.15, -0.1) is 0 Å². The average molecular weight is 180 g/mol. The summed E-state index contributed by atoms with van der Waals surface area (Å²) >= 11 is 0. The third-order valence-corrected chi connectivity index (χ3v) is 1.71. The van der Waals surface area contributed by atoms with Gasteiger partial charge in [0.25, 0.3) is 0 Å². The van der Waals surface area contributed by atoms with E-state index in [0.29, 0.717) is 12.3 Å². The van der Waals surface area contributed by atoms with E-state index in [-0.39, 0.29) is 0 Å². The van der Waals surface area contributed by atoms with Gasteiger partial charge in [-0.05, 0) is 25.7 Å². The van der Waals surface area contributed by atoms with Crippen LogP contribution in [-0.2, 0) is 4.79 Å². The lowest BCUT2D eigenvalue weighted by atomic mass is 10.0. The maximum atomic E-state index is 10.1. The fourth-order valence-corrected chi connectivity index (χ4v) is 0.950. The van der Waals surface area contributed by atoms with E-state index in [0.717, 1.165) is 12.8 Å². The smallest absolute Gasteiger partial charge is 0.381 e. The Kier molecular flexibility index (Phi) is 6.72. The van der Waals surface area contributed by atoms with E-state index < -0.39 is 5.97 Å². The highest BCUT2D eigenvalue weighted by Crippen LogP contribution is 2.09. The largest absolute Gasteiger partial charge is 0.472 e. The van der Waals surface area contributed by atoms with Crippen molar-refractivity contribution in [2.45, 2.75) is 33.1 Å². The van der Waals surface area contributed by atoms with Crippen LogP contribution in [0.15, 0.2) is 12.2 Å². The first-order valence-electron chi connectivity index (χ1n) is 4.49. The second-order valence-electron chi connectivity index (χ2n) is 3.06. The molecule has 0 aromatic heterocycles. The van der Waals surface area contributed by atoms with Crippen LogP contribution >= 0.6 is 0 Å². The monoisotopic (exact) mass is 180 g/mol. The molecule has 2 nitrogen and oxygen atoms in total. The van der Waals surface area contributed by atoms with Crippen molar-refractivity contribution >= 4 is 5.97 Å². The summed E-state index contributed by atoms with van der Waals surface area (Å²) in [7, 11) is 0. The first-order valence-corrected chi connectivity index (χ1v) is 4.49. The summed E-state index contributed by atoms with van der Waals surface area (Å²) in [6.45, 7) is 4.08. The van der Waals surface area contributed by atoms with Gasteiger partial charge in [0.2, 0.25) is 0 Å². The van der Waals surface area contributed by atoms with Crippen LogP contribution in [0.5, 0.6) is 0 Å². The van der Waals surface area contributed by atoms with Crippen LogP contribution in [0.4, 0.5) is 0 Å². The number of aliphatic carboxylic acids is 1. The summed E-state index contributed by atoms with van der Waals surface area (Å²) in [5, 5.41) is 8.26. The highest BCUT2D eigenvalue weighted by Gasteiger charge is 1.97. The molecule has 0 aromatic rings. The molecule has 0 radical (unpaired) electrons. The Balaban J connectivity index is 3.58. The molecule has 2 heteroatoms. The number of hydrogen-bond acceptors (Lipinski definition) is 1. The Bertz CT molecular complexity index is 230. The SMILES string of the molecule is C/C=C/CCC(C)CC#CC(=O)O. The number of carboxylic acid groups (broad SMARTS) is 1. The van der Waals surface area contributed by atoms with E-state index in [1.165, 1.54) is 0 Å². The highest BCUT2D eigenvalue weighted by atomic mass is 16.4. The summed E-state index contributed by atoms with van der Waals surface area (Å²) in [6.07, 6.45) is 6.92. The summed E-state index contributed by atoms with van der Waals surface area (Å²) < 4.78 is 0. The third-order valence-electron chi connectivity index (χ3n) is 1.71. The number of allylic oxidation sites excluding steroid dienone is 2. The predicted molar refractivity (Wildman–Crippen MR) is 53.2 cm³/mol. The molecule has 0 saturated carbocycles. The van der Waals surface area contributed by atoms with Gasteiger partial charge < -0.3 is 5.11 Å². The zero-order valence-corrected chi connectivity index (χ0v) is 8.21. The van der Waals surface area contributed by atoms with Crippen molar-refractivity contribution in [1.82, 2.24) is 0 Å². The Morgan fingerprint density at radius 1 is 1.62 bits per heavy atom. The molecule has 0 amide bonds. The molecule has 0 aliphatic carbocycles. The minimum atomic E-state index is -1.04. The van der Waals surface area contributed by atoms with Crippen molar-refractivity contribution in [3.63, 3.8) is 0 Å². The van der Waals surface area contributed by atoms with Crippen LogP contribution in [0.2, 0.25) is 0 Å². The molecule has 0 heterocycles. The minimum absolute atomic E-state index is 0.475. The maximum absolute atomic E-state index is 10.1. The molecule has 0 saturated heterocycles. The zero-order valence-electron chi connectivity index (χ0n) is 8.21. The van der Waals surface area contributed by atoms with Crippen LogP contribution in [0.1, 0.15) is 33.1 Å². The van der Waals surface area contributed by atoms with Gasteiger partial charge in [-0.3, -0.25) is 0 Å². The Morgan fingerprint density at radius 2 is 2.31 bits per heavy atom. The van der Waals surface area contributed by atoms with Gasteiger partial charge in [0.1, 0.15) is 0 Å². The van der Waals surface area contributed by atoms with Gasteiger partial charge in [0.05, 0.1) is 0 Å². The van der Waals surface area contributed by atoms with Crippen molar-refractivity contribution in [1.29, 1.82) is 0 Å². The van der Waals surface area contributed by atoms with Gasteiger partial charge in [-0.2, -0.15) is 0 Å². The van der Waals surface area contributed by atoms with Gasteiger partial charge in [0, 0.05) is 12.3 Å². The Labute approximate surface area is 79.7 Å². The predicted octanol–water partition coefficient (Wildman–Crippen LogP) is 2.46. The summed E-state index contributed by atoms with van der Waals surface area (Å²) in [6, 6.07) is 0. The average Bonchev–Trinajstić information content (AvgIpc) is 2.04. The van der Waals surface area contributed by atoms with E-state index in [2.05, 4.69) is 24.8 Å². The van der Waals surface area contributed by atoms with Crippen LogP contribution in [0, 0.1) is 17.8 Å². The zero-order chi connectivity index (χ0) is 10.1. The normalized spacial score (nSPS) is 12.2. The van der Waals surface area contributed by atoms with Crippen molar-refractivity contribution in [2.24, 2.45) is 5.92 Å². The molecule has 0 spiro atoms. The number of hydrogen-bond donors (Lipinski definition) is 1. The highest BCUT2D eigenvalue weighted by molar-refractivity contribution is 5.86. The van der Waals surface area contributed by atoms with Crippen molar-refractivity contribution in [3.05, 3.63) is 12.2 Å². The van der Waals surface area contributed by atoms with Gasteiger partial charge >= 0.3 is 5.97 Å². The molecule has 1 atom stereocenters. The molecule has 0 aromatic carbocycles. The lowest BCUT2D eigenvalue weighted by Crippen LogP contribution is -1.93. The first kappa shape index (κ1) is 11.8. The van der Waals surface area contributed by atoms with Crippen LogP contribution < -0.4 is 0 Å². The summed E-state index contributed by atoms with van der Waals surface area (Å²) in [5.41, 5.74) is 0. The quantitative estimate of drug-likeness (QED) is 0.533. The number of rotatable bonds is 4. The van der Waals surface area contributed by atoms with Crippen molar-refractivity contribution in [2.75, 3.05) is 0 Å².